The van der Waals surface area contributed by atoms with Crippen LogP contribution in [0.2, 0.25) is 0 Å². The molecule has 1 aromatic heterocycles. The van der Waals surface area contributed by atoms with Crippen molar-refractivity contribution >= 4 is 99.6 Å². The van der Waals surface area contributed by atoms with Crippen molar-refractivity contribution in [2.45, 2.75) is 290 Å². The molecule has 13 amide bonds. The summed E-state index contributed by atoms with van der Waals surface area (Å²) in [5, 5.41) is 26.5. The Morgan fingerprint density at radius 1 is 0.435 bits per heavy atom. The molecular formula is C80H136N22O13. The van der Waals surface area contributed by atoms with Crippen LogP contribution in [0.25, 0.3) is 10.9 Å². The van der Waals surface area contributed by atoms with Crippen LogP contribution in [0.5, 0.6) is 0 Å². The first kappa shape index (κ1) is 95.9. The van der Waals surface area contributed by atoms with Crippen molar-refractivity contribution < 1.29 is 62.3 Å². The van der Waals surface area contributed by atoms with Crippen molar-refractivity contribution in [2.75, 3.05) is 39.3 Å². The van der Waals surface area contributed by atoms with E-state index in [1.807, 2.05) is 107 Å². The Kier molecular flexibility index (Phi) is 39.5. The summed E-state index contributed by atoms with van der Waals surface area (Å²) >= 11 is 0. The van der Waals surface area contributed by atoms with E-state index in [-0.39, 0.29) is 164 Å². The van der Waals surface area contributed by atoms with E-state index in [9.17, 15) is 43.2 Å². The van der Waals surface area contributed by atoms with Gasteiger partial charge in [-0.25, -0.2) is 0 Å². The third-order valence-corrected chi connectivity index (χ3v) is 21.2. The summed E-state index contributed by atoms with van der Waals surface area (Å²) in [6.07, 6.45) is 6.55. The average Bonchev–Trinajstić information content (AvgIpc) is 1.69. The number of primary amides is 1. The topological polar surface area (TPSA) is 563 Å². The second kappa shape index (κ2) is 47.4. The zero-order valence-electron chi connectivity index (χ0n) is 69.8. The first-order valence-electron chi connectivity index (χ1n) is 41.4. The van der Waals surface area contributed by atoms with Crippen LogP contribution < -0.4 is 88.0 Å². The number of nitrogens with two attached hydrogens (primary N) is 7. The van der Waals surface area contributed by atoms with Crippen LogP contribution in [0.4, 0.5) is 0 Å². The van der Waals surface area contributed by atoms with Gasteiger partial charge in [-0.2, -0.15) is 0 Å². The van der Waals surface area contributed by atoms with E-state index < -0.39 is 155 Å². The number of amides is 13. The highest BCUT2D eigenvalue weighted by Crippen LogP contribution is 2.27. The number of nitrogens with one attached hydrogen (secondary N) is 10. The van der Waals surface area contributed by atoms with Gasteiger partial charge in [0.2, 0.25) is 76.8 Å². The first-order valence-corrected chi connectivity index (χ1v) is 41.4. The number of benzene rings is 1. The summed E-state index contributed by atoms with van der Waals surface area (Å²) in [7, 11) is 0. The molecule has 0 saturated carbocycles. The van der Waals surface area contributed by atoms with E-state index in [0.717, 1.165) is 10.9 Å². The Morgan fingerprint density at radius 3 is 1.16 bits per heavy atom. The highest BCUT2D eigenvalue weighted by Gasteiger charge is 2.45. The molecule has 2 aromatic rings. The molecule has 5 rings (SSSR count). The number of H-pyrrole nitrogens is 1. The quantitative estimate of drug-likeness (QED) is 0.0242. The molecule has 4 heterocycles. The van der Waals surface area contributed by atoms with Crippen LogP contribution in [-0.2, 0) is 68.7 Å². The lowest BCUT2D eigenvalue weighted by Gasteiger charge is -2.33. The van der Waals surface area contributed by atoms with E-state index >= 15 is 19.2 Å². The zero-order chi connectivity index (χ0) is 85.5. The van der Waals surface area contributed by atoms with Crippen molar-refractivity contribution in [1.29, 1.82) is 0 Å². The molecule has 35 heteroatoms. The van der Waals surface area contributed by atoms with Crippen molar-refractivity contribution in [3.8, 4) is 0 Å². The third kappa shape index (κ3) is 30.5. The predicted octanol–water partition coefficient (Wildman–Crippen LogP) is 0.372. The van der Waals surface area contributed by atoms with Gasteiger partial charge < -0.3 is 108 Å². The van der Waals surface area contributed by atoms with Crippen LogP contribution in [0.15, 0.2) is 40.4 Å². The maximum atomic E-state index is 15.3. The van der Waals surface area contributed by atoms with Crippen LogP contribution in [-0.4, -0.2) is 226 Å². The van der Waals surface area contributed by atoms with Crippen LogP contribution in [0.1, 0.15) is 211 Å². The second-order valence-corrected chi connectivity index (χ2v) is 33.3. The lowest BCUT2D eigenvalue weighted by molar-refractivity contribution is -0.144. The molecule has 1 aromatic carbocycles. The molecule has 0 unspecified atom stereocenters. The fourth-order valence-electron chi connectivity index (χ4n) is 15.0. The molecule has 3 aliphatic heterocycles. The van der Waals surface area contributed by atoms with Gasteiger partial charge in [-0.3, -0.25) is 72.3 Å². The number of carbonyl (C=O) groups excluding carboxylic acids is 13. The minimum Gasteiger partial charge on any atom is -0.370 e. The molecule has 0 aliphatic carbocycles. The fourth-order valence-corrected chi connectivity index (χ4v) is 15.0. The molecule has 14 atom stereocenters. The first-order chi connectivity index (χ1) is 54.3. The Hall–Kier alpha value is -9.67. The molecule has 3 aliphatic rings. The number of aliphatic imine (C=N–C) groups is 2. The Morgan fingerprint density at radius 2 is 0.774 bits per heavy atom. The lowest BCUT2D eigenvalue weighted by Crippen LogP contribution is -2.61. The largest absolute Gasteiger partial charge is 0.370 e. The number of nitrogens with zero attached hydrogens (tertiary/aromatic N) is 5. The number of aromatic amines is 1. The number of hydrogen-bond donors (Lipinski definition) is 17. The standard InChI is InChI=1S/C80H136N22O13/c1-13-49(12)65(82)75(112)99-61(41-48(10)11)78(115)102-36-21-29-63(102)73(110)94-56(37-44(2)3)69(106)92-54(25-16-17-31-81)68(105)97-59(39-46(6)7)76(113)101-35-22-30-64(101)74(111)96-58(42-50-43-90-52-24-15-14-23-51(50)52)71(108)98-60(40-47(8)9)77(114)100-34-20-28-62(100)72(109)95-57(38-45(4)5)70(107)93-55(27-19-33-89-80(86)87)67(104)91-53(66(83)103)26-18-32-88-79(84)85/h14-15,23-24,43-49,53-65,90H,13,16-22,25-42,81-82H2,1-12H3,(H2,83,103)(H,91,104)(H,92,106)(H,93,107)(H,94,110)(H,95,109)(H,96,111)(H,97,105)(H,98,108)(H,99,112)(H4,84,85,88)(H4,86,87,89)/t49-,53-,54-,55-,56-,57-,58-,59-,60-,61-,62-,63-,64-,65-/m0/s1. The summed E-state index contributed by atoms with van der Waals surface area (Å²) in [5.41, 5.74) is 41.3. The summed E-state index contributed by atoms with van der Waals surface area (Å²) in [4.78, 5) is 203. The third-order valence-electron chi connectivity index (χ3n) is 21.2. The van der Waals surface area contributed by atoms with E-state index in [1.54, 1.807) is 6.20 Å². The van der Waals surface area contributed by atoms with Gasteiger partial charge >= 0.3 is 0 Å². The molecule has 24 N–H and O–H groups in total. The fraction of sp³-hybridized carbons (Fsp3) is 0.713. The Bertz CT molecular complexity index is 3650. The highest BCUT2D eigenvalue weighted by molar-refractivity contribution is 6.01. The number of aromatic nitrogens is 1. The Balaban J connectivity index is 1.37. The molecule has 0 spiro atoms. The van der Waals surface area contributed by atoms with E-state index in [2.05, 4.69) is 62.8 Å². The van der Waals surface area contributed by atoms with Crippen molar-refractivity contribution in [3.05, 3.63) is 36.0 Å². The zero-order valence-corrected chi connectivity index (χ0v) is 69.8. The smallest absolute Gasteiger partial charge is 0.245 e. The number of guanidine groups is 2. The number of unbranched alkanes of at least 4 members (excludes halogenated alkanes) is 1. The van der Waals surface area contributed by atoms with Crippen molar-refractivity contribution in [2.24, 2.45) is 85.6 Å². The normalized spacial score (nSPS) is 18.4. The van der Waals surface area contributed by atoms with E-state index in [0.29, 0.717) is 56.9 Å². The molecule has 0 bridgehead atoms. The SMILES string of the molecule is CC[C@H](C)[C@H](N)C(=O)N[C@@H](CC(C)C)C(=O)N1CCC[C@H]1C(=O)N[C@@H](CC(C)C)C(=O)N[C@@H](CCCCN)C(=O)N[C@@H](CC(C)C)C(=O)N1CCC[C@H]1C(=O)N[C@@H](Cc1c[nH]c2ccccc12)C(=O)N[C@@H](CC(C)C)C(=O)N1CCC[C@H]1C(=O)N[C@@H](CC(C)C)C(=O)N[C@@H](CCCN=C(N)N)C(=O)N[C@@H](CCCN=C(N)N)C(N)=O. The predicted molar refractivity (Wildman–Crippen MR) is 440 cm³/mol. The average molecular weight is 1610 g/mol. The molecule has 115 heavy (non-hydrogen) atoms. The van der Waals surface area contributed by atoms with E-state index in [4.69, 9.17) is 40.1 Å². The molecule has 3 fully saturated rings. The lowest BCUT2D eigenvalue weighted by atomic mass is 9.97. The summed E-state index contributed by atoms with van der Waals surface area (Å²) in [5.74, 6) is -9.56. The Labute approximate surface area is 677 Å². The van der Waals surface area contributed by atoms with Crippen LogP contribution in [0.3, 0.4) is 0 Å². The number of hydrogen-bond acceptors (Lipinski definition) is 17. The summed E-state index contributed by atoms with van der Waals surface area (Å²) in [6, 6.07) is -7.47. The molecule has 0 radical (unpaired) electrons. The summed E-state index contributed by atoms with van der Waals surface area (Å²) in [6.45, 7) is 23.5. The van der Waals surface area contributed by atoms with Crippen molar-refractivity contribution in [1.82, 2.24) is 67.5 Å². The van der Waals surface area contributed by atoms with Gasteiger partial charge in [-0.15, -0.1) is 0 Å². The van der Waals surface area contributed by atoms with Crippen molar-refractivity contribution in [3.63, 3.8) is 0 Å². The summed E-state index contributed by atoms with van der Waals surface area (Å²) < 4.78 is 0. The second-order valence-electron chi connectivity index (χ2n) is 33.3. The minimum atomic E-state index is -1.36. The van der Waals surface area contributed by atoms with Gasteiger partial charge in [-0.1, -0.05) is 108 Å². The maximum absolute atomic E-state index is 15.3. The molecule has 3 saturated heterocycles. The number of rotatable bonds is 48. The number of carbonyl (C=O) groups is 13. The number of fused-ring (bicyclic) bond motifs is 1. The number of para-hydroxylation sites is 1. The minimum absolute atomic E-state index is 0.000315. The maximum Gasteiger partial charge on any atom is 0.245 e. The molecular weight excluding hydrogens is 1480 g/mol. The van der Waals surface area contributed by atoms with E-state index in [1.165, 1.54) is 14.7 Å². The monoisotopic (exact) mass is 1610 g/mol. The van der Waals surface area contributed by atoms with Gasteiger partial charge in [0.25, 0.3) is 0 Å². The molecule has 644 valence electrons. The van der Waals surface area contributed by atoms with Gasteiger partial charge in [0, 0.05) is 56.2 Å². The van der Waals surface area contributed by atoms with Crippen LogP contribution >= 0.6 is 0 Å². The van der Waals surface area contributed by atoms with Gasteiger partial charge in [0.05, 0.1) is 6.04 Å². The molecule has 35 nitrogen and oxygen atoms in total. The van der Waals surface area contributed by atoms with Gasteiger partial charge in [0.1, 0.15) is 72.5 Å². The van der Waals surface area contributed by atoms with Gasteiger partial charge in [-0.05, 0) is 169 Å². The van der Waals surface area contributed by atoms with Crippen LogP contribution in [0, 0.1) is 35.5 Å². The number of likely N-dealkylation sites (tertiary alicyclic amines) is 3. The van der Waals surface area contributed by atoms with Gasteiger partial charge in [0.15, 0.2) is 11.9 Å². The highest BCUT2D eigenvalue weighted by atomic mass is 16.2.